The molecule has 4 saturated heterocycles. The second-order valence-corrected chi connectivity index (χ2v) is 19.1. The third-order valence-corrected chi connectivity index (χ3v) is 14.0. The van der Waals surface area contributed by atoms with Crippen LogP contribution in [-0.4, -0.2) is 73.8 Å². The Hall–Kier alpha value is -3.66. The number of benzene rings is 2. The summed E-state index contributed by atoms with van der Waals surface area (Å²) in [5, 5.41) is 8.57. The molecule has 11 atom stereocenters. The molecule has 1 aliphatic carbocycles. The molecule has 0 radical (unpaired) electrons. The van der Waals surface area contributed by atoms with E-state index in [4.69, 9.17) is 37.8 Å². The highest BCUT2D eigenvalue weighted by atomic mass is 31.2. The third kappa shape index (κ3) is 11.3. The topological polar surface area (TPSA) is 178 Å². The first kappa shape index (κ1) is 46.8. The lowest BCUT2D eigenvalue weighted by Crippen LogP contribution is -2.70. The van der Waals surface area contributed by atoms with Gasteiger partial charge in [-0.15, -0.1) is 0 Å². The molecule has 1 saturated carbocycles. The number of hydrogen-bond donors (Lipinski definition) is 3. The molecule has 2 aromatic carbocycles. The fraction of sp³-hybridized carbons (Fsp3) is 0.622. The molecule has 336 valence electrons. The van der Waals surface area contributed by atoms with Gasteiger partial charge < -0.3 is 43.9 Å². The zero-order valence-corrected chi connectivity index (χ0v) is 37.3. The van der Waals surface area contributed by atoms with E-state index in [1.54, 1.807) is 19.9 Å². The van der Waals surface area contributed by atoms with Crippen molar-refractivity contribution in [3.63, 3.8) is 0 Å². The van der Waals surface area contributed by atoms with Crippen LogP contribution >= 0.6 is 7.60 Å². The number of fused-ring (bicyclic) bond motifs is 2. The van der Waals surface area contributed by atoms with Crippen molar-refractivity contribution in [1.29, 1.82) is 0 Å². The van der Waals surface area contributed by atoms with Crippen LogP contribution in [0.15, 0.2) is 72.6 Å². The lowest BCUT2D eigenvalue weighted by molar-refractivity contribution is -0.577. The quantitative estimate of drug-likeness (QED) is 0.0929. The highest BCUT2D eigenvalue weighted by Crippen LogP contribution is 2.60. The Morgan fingerprint density at radius 3 is 2.21 bits per heavy atom. The van der Waals surface area contributed by atoms with E-state index < -0.39 is 67.6 Å². The Morgan fingerprint density at radius 2 is 1.54 bits per heavy atom. The van der Waals surface area contributed by atoms with Crippen molar-refractivity contribution in [3.05, 3.63) is 83.7 Å². The van der Waals surface area contributed by atoms with Gasteiger partial charge in [0.25, 0.3) is 0 Å². The molecule has 5 aliphatic rings. The zero-order chi connectivity index (χ0) is 43.8. The lowest BCUT2D eigenvalue weighted by Gasteiger charge is -2.60. The predicted octanol–water partition coefficient (Wildman–Crippen LogP) is 7.67. The van der Waals surface area contributed by atoms with Crippen LogP contribution in [0.2, 0.25) is 0 Å². The van der Waals surface area contributed by atoms with Gasteiger partial charge in [-0.25, -0.2) is 14.6 Å². The summed E-state index contributed by atoms with van der Waals surface area (Å²) in [6, 6.07) is 15.2. The van der Waals surface area contributed by atoms with Gasteiger partial charge in [0.2, 0.25) is 17.6 Å². The van der Waals surface area contributed by atoms with Crippen LogP contribution in [-0.2, 0) is 58.5 Å². The molecular formula is C45H64N3O12P. The first-order chi connectivity index (χ1) is 29.2. The number of alkyl carbamates (subject to hydrolysis) is 1. The van der Waals surface area contributed by atoms with E-state index >= 15 is 0 Å². The maximum atomic E-state index is 14.4. The molecule has 3 N–H and O–H groups in total. The van der Waals surface area contributed by atoms with Crippen molar-refractivity contribution in [1.82, 2.24) is 16.0 Å². The minimum Gasteiger partial charge on any atom is -0.445 e. The minimum atomic E-state index is -3.61. The van der Waals surface area contributed by atoms with Crippen molar-refractivity contribution in [2.24, 2.45) is 29.6 Å². The number of hydrogen-bond acceptors (Lipinski definition) is 12. The predicted molar refractivity (Wildman–Crippen MR) is 225 cm³/mol. The van der Waals surface area contributed by atoms with Crippen LogP contribution in [0, 0.1) is 29.6 Å². The van der Waals surface area contributed by atoms with Crippen LogP contribution in [0.25, 0.3) is 0 Å². The third-order valence-electron chi connectivity index (χ3n) is 12.2. The Labute approximate surface area is 359 Å². The number of carbonyl (C=O) groups is 3. The molecule has 5 fully saturated rings. The van der Waals surface area contributed by atoms with E-state index in [0.29, 0.717) is 17.9 Å². The van der Waals surface area contributed by atoms with Crippen molar-refractivity contribution in [2.45, 2.75) is 129 Å². The van der Waals surface area contributed by atoms with E-state index in [-0.39, 0.29) is 56.5 Å². The van der Waals surface area contributed by atoms with E-state index in [2.05, 4.69) is 22.9 Å². The summed E-state index contributed by atoms with van der Waals surface area (Å²) >= 11 is 0. The van der Waals surface area contributed by atoms with Gasteiger partial charge in [-0.2, -0.15) is 0 Å². The van der Waals surface area contributed by atoms with Crippen LogP contribution in [0.3, 0.4) is 0 Å². The molecule has 0 unspecified atom stereocenters. The molecule has 15 nitrogen and oxygen atoms in total. The van der Waals surface area contributed by atoms with Gasteiger partial charge in [0.15, 0.2) is 18.2 Å². The summed E-state index contributed by atoms with van der Waals surface area (Å²) in [4.78, 5) is 54.1. The smallest absolute Gasteiger partial charge is 0.408 e. The van der Waals surface area contributed by atoms with Gasteiger partial charge in [0, 0.05) is 24.1 Å². The molecule has 3 amide bonds. The largest absolute Gasteiger partial charge is 0.445 e. The molecular weight excluding hydrogens is 805 g/mol. The highest BCUT2D eigenvalue weighted by molar-refractivity contribution is 7.57. The van der Waals surface area contributed by atoms with Crippen LogP contribution < -0.4 is 16.0 Å². The van der Waals surface area contributed by atoms with Crippen molar-refractivity contribution in [3.8, 4) is 0 Å². The summed E-state index contributed by atoms with van der Waals surface area (Å²) in [5.74, 6) is -0.516. The van der Waals surface area contributed by atoms with Crippen LogP contribution in [0.4, 0.5) is 4.79 Å². The number of ether oxygens (including phenoxy) is 4. The second kappa shape index (κ2) is 20.7. The minimum absolute atomic E-state index is 0.0230. The van der Waals surface area contributed by atoms with Crippen molar-refractivity contribution < 1.29 is 56.7 Å². The van der Waals surface area contributed by atoms with Gasteiger partial charge in [-0.3, -0.25) is 14.2 Å². The van der Waals surface area contributed by atoms with Gasteiger partial charge in [0.1, 0.15) is 18.7 Å². The maximum Gasteiger partial charge on any atom is 0.408 e. The number of nitrogens with one attached hydrogen (secondary N) is 3. The van der Waals surface area contributed by atoms with E-state index in [9.17, 15) is 18.9 Å². The lowest BCUT2D eigenvalue weighted by atomic mass is 9.58. The molecule has 1 spiro atoms. The standard InChI is InChI=1S/C45H64N3O12P/c1-8-55-61(52,56-9-2)25-23-36(33-18-14-11-15-19-33)46-39(49)37(26-29(3)4)47-40(50)38(48-43(51)54-27-32-16-12-10-13-17-32)28-53-41-31(6)35-21-20-30(5)34-22-24-44(7)58-42(57-41)45(34,35)60-59-44/h10-19,23,25,29-31,34-38,41-42H,8-9,20-22,24,26-28H2,1-7H3,(H,46,49)(H,47,50)(H,48,51)/b25-23+/t30-,31-,34+,35+,36-,37+,38+,41+,42-,44+,45-/m1/s1. The molecule has 61 heavy (non-hydrogen) atoms. The number of amides is 3. The molecule has 0 aromatic heterocycles. The molecule has 7 rings (SSSR count). The molecule has 2 aromatic rings. The Bertz CT molecular complexity index is 1840. The number of rotatable bonds is 19. The van der Waals surface area contributed by atoms with E-state index in [0.717, 1.165) is 24.8 Å². The van der Waals surface area contributed by atoms with Crippen molar-refractivity contribution in [2.75, 3.05) is 19.8 Å². The average molecular weight is 870 g/mol. The number of carbonyl (C=O) groups excluding carboxylic acids is 3. The van der Waals surface area contributed by atoms with Gasteiger partial charge in [-0.1, -0.05) is 88.4 Å². The summed E-state index contributed by atoms with van der Waals surface area (Å²) in [7, 11) is -3.61. The molecule has 2 bridgehead atoms. The van der Waals surface area contributed by atoms with Gasteiger partial charge >= 0.3 is 13.7 Å². The summed E-state index contributed by atoms with van der Waals surface area (Å²) in [5.41, 5.74) is 0.658. The fourth-order valence-electron chi connectivity index (χ4n) is 9.15. The normalized spacial score (nSPS) is 29.8. The zero-order valence-electron chi connectivity index (χ0n) is 36.4. The molecule has 16 heteroatoms. The average Bonchev–Trinajstić information content (AvgIpc) is 3.47. The second-order valence-electron chi connectivity index (χ2n) is 17.2. The molecule has 4 heterocycles. The monoisotopic (exact) mass is 869 g/mol. The van der Waals surface area contributed by atoms with Crippen molar-refractivity contribution >= 4 is 25.5 Å². The van der Waals surface area contributed by atoms with E-state index in [1.165, 1.54) is 5.82 Å². The van der Waals surface area contributed by atoms with Crippen LogP contribution in [0.5, 0.6) is 0 Å². The fourth-order valence-corrected chi connectivity index (χ4v) is 10.5. The summed E-state index contributed by atoms with van der Waals surface area (Å²) in [6.45, 7) is 13.4. The first-order valence-electron chi connectivity index (χ1n) is 21.7. The van der Waals surface area contributed by atoms with Gasteiger partial charge in [-0.05, 0) is 81.4 Å². The summed E-state index contributed by atoms with van der Waals surface area (Å²) in [6.07, 6.45) is 2.76. The highest BCUT2D eigenvalue weighted by Gasteiger charge is 2.69. The Morgan fingerprint density at radius 1 is 0.869 bits per heavy atom. The Kier molecular flexibility index (Phi) is 15.9. The first-order valence-corrected chi connectivity index (χ1v) is 23.3. The van der Waals surface area contributed by atoms with Gasteiger partial charge in [0.05, 0.1) is 25.9 Å². The van der Waals surface area contributed by atoms with Crippen LogP contribution in [0.1, 0.15) is 97.7 Å². The SMILES string of the molecule is CCOP(=O)(/C=C/[C@@H](NC(=O)[C@H](CC(C)C)NC(=O)[C@H](CO[C@H]1O[C@@H]2O[C@]3(C)CC[C@H]4[C@H](C)CC[C@@H]([C@H]1C)[C@@]24OO3)NC(=O)OCc1ccccc1)c1ccccc1)OCC. The molecule has 4 aliphatic heterocycles. The maximum absolute atomic E-state index is 14.4. The summed E-state index contributed by atoms with van der Waals surface area (Å²) < 4.78 is 49.3. The van der Waals surface area contributed by atoms with E-state index in [1.807, 2.05) is 88.4 Å². The Balaban J connectivity index is 1.21.